The second-order valence-electron chi connectivity index (χ2n) is 5.24. The molecule has 1 rings (SSSR count). The van der Waals surface area contributed by atoms with Crippen LogP contribution in [0.5, 0.6) is 0 Å². The smallest absolute Gasteiger partial charge is 0.409 e. The summed E-state index contributed by atoms with van der Waals surface area (Å²) in [5.41, 5.74) is 3.40. The van der Waals surface area contributed by atoms with Crippen molar-refractivity contribution in [3.63, 3.8) is 0 Å². The molecule has 21 heavy (non-hydrogen) atoms. The highest BCUT2D eigenvalue weighted by Gasteiger charge is 2.35. The molecule has 1 aromatic carbocycles. The van der Waals surface area contributed by atoms with Crippen LogP contribution in [0.2, 0.25) is 0 Å². The zero-order valence-corrected chi connectivity index (χ0v) is 11.9. The van der Waals surface area contributed by atoms with Crippen LogP contribution in [0, 0.1) is 0 Å². The van der Waals surface area contributed by atoms with Crippen LogP contribution >= 0.6 is 0 Å². The van der Waals surface area contributed by atoms with E-state index in [4.69, 9.17) is 10.9 Å². The van der Waals surface area contributed by atoms with Crippen LogP contribution in [-0.2, 0) is 6.18 Å². The number of benzene rings is 1. The molecular weight excluding hydrogens is 287 g/mol. The van der Waals surface area contributed by atoms with Crippen LogP contribution in [0.1, 0.15) is 25.0 Å². The summed E-state index contributed by atoms with van der Waals surface area (Å²) in [6.45, 7) is 3.16. The second kappa shape index (κ2) is 5.80. The van der Waals surface area contributed by atoms with Crippen molar-refractivity contribution in [1.82, 2.24) is 0 Å². The standard InChI is InChI=1S/C13H18F3N3O2/c1-12(2,7-20)19(3)8-4-5-9(11(17)18-21)10(6-8)13(14,15)16/h4-6,20-21H,7H2,1-3H3,(H2,17,18). The van der Waals surface area contributed by atoms with Gasteiger partial charge in [-0.1, -0.05) is 5.16 Å². The SMILES string of the molecule is CN(c1ccc(/C(N)=N/O)c(C(F)(F)F)c1)C(C)(C)CO. The number of hydrogen-bond acceptors (Lipinski definition) is 4. The van der Waals surface area contributed by atoms with E-state index in [9.17, 15) is 18.3 Å². The zero-order chi connectivity index (χ0) is 16.4. The fourth-order valence-electron chi connectivity index (χ4n) is 1.71. The Kier molecular flexibility index (Phi) is 4.72. The molecule has 0 atom stereocenters. The van der Waals surface area contributed by atoms with Crippen LogP contribution in [0.25, 0.3) is 0 Å². The van der Waals surface area contributed by atoms with Crippen LogP contribution in [0.15, 0.2) is 23.4 Å². The summed E-state index contributed by atoms with van der Waals surface area (Å²) < 4.78 is 39.3. The molecule has 0 saturated heterocycles. The Morgan fingerprint density at radius 1 is 1.33 bits per heavy atom. The first-order valence-corrected chi connectivity index (χ1v) is 6.08. The molecule has 0 aromatic heterocycles. The fraction of sp³-hybridized carbons (Fsp3) is 0.462. The number of halogens is 3. The lowest BCUT2D eigenvalue weighted by molar-refractivity contribution is -0.137. The van der Waals surface area contributed by atoms with Gasteiger partial charge in [0, 0.05) is 18.3 Å². The molecule has 118 valence electrons. The van der Waals surface area contributed by atoms with Gasteiger partial charge in [0.25, 0.3) is 0 Å². The molecule has 0 amide bonds. The highest BCUT2D eigenvalue weighted by Crippen LogP contribution is 2.35. The van der Waals surface area contributed by atoms with E-state index in [0.29, 0.717) is 0 Å². The van der Waals surface area contributed by atoms with Crippen molar-refractivity contribution in [3.05, 3.63) is 29.3 Å². The number of oxime groups is 1. The third-order valence-electron chi connectivity index (χ3n) is 3.37. The summed E-state index contributed by atoms with van der Waals surface area (Å²) in [4.78, 5) is 1.53. The van der Waals surface area contributed by atoms with Gasteiger partial charge in [-0.15, -0.1) is 0 Å². The number of rotatable bonds is 4. The lowest BCUT2D eigenvalue weighted by atomic mass is 10.0. The lowest BCUT2D eigenvalue weighted by Gasteiger charge is -2.36. The van der Waals surface area contributed by atoms with E-state index in [0.717, 1.165) is 12.1 Å². The highest BCUT2D eigenvalue weighted by molar-refractivity contribution is 5.99. The number of aliphatic hydroxyl groups excluding tert-OH is 1. The van der Waals surface area contributed by atoms with Gasteiger partial charge in [-0.3, -0.25) is 0 Å². The van der Waals surface area contributed by atoms with E-state index < -0.39 is 28.7 Å². The number of anilines is 1. The number of aliphatic hydroxyl groups is 1. The van der Waals surface area contributed by atoms with E-state index in [-0.39, 0.29) is 12.3 Å². The molecule has 0 heterocycles. The third kappa shape index (κ3) is 3.57. The van der Waals surface area contributed by atoms with Crippen molar-refractivity contribution in [2.24, 2.45) is 10.9 Å². The van der Waals surface area contributed by atoms with Gasteiger partial charge in [-0.25, -0.2) is 0 Å². The Hall–Kier alpha value is -1.96. The van der Waals surface area contributed by atoms with Crippen LogP contribution in [0.4, 0.5) is 18.9 Å². The van der Waals surface area contributed by atoms with E-state index in [1.165, 1.54) is 11.0 Å². The Morgan fingerprint density at radius 2 is 1.90 bits per heavy atom. The van der Waals surface area contributed by atoms with Gasteiger partial charge >= 0.3 is 6.18 Å². The monoisotopic (exact) mass is 305 g/mol. The van der Waals surface area contributed by atoms with Crippen molar-refractivity contribution in [2.45, 2.75) is 25.6 Å². The van der Waals surface area contributed by atoms with Crippen LogP contribution in [0.3, 0.4) is 0 Å². The molecule has 4 N–H and O–H groups in total. The van der Waals surface area contributed by atoms with Gasteiger partial charge in [0.15, 0.2) is 5.84 Å². The molecule has 0 fully saturated rings. The first-order chi connectivity index (χ1) is 9.54. The summed E-state index contributed by atoms with van der Waals surface area (Å²) in [6.07, 6.45) is -4.65. The lowest BCUT2D eigenvalue weighted by Crippen LogP contribution is -2.44. The molecule has 0 aliphatic heterocycles. The Bertz CT molecular complexity index is 542. The summed E-state index contributed by atoms with van der Waals surface area (Å²) in [5, 5.41) is 20.5. The van der Waals surface area contributed by atoms with E-state index in [1.54, 1.807) is 20.9 Å². The molecule has 0 saturated carbocycles. The molecule has 0 aliphatic rings. The Balaban J connectivity index is 3.42. The van der Waals surface area contributed by atoms with Crippen LogP contribution < -0.4 is 10.6 Å². The minimum Gasteiger partial charge on any atom is -0.409 e. The second-order valence-corrected chi connectivity index (χ2v) is 5.24. The predicted molar refractivity (Wildman–Crippen MR) is 73.5 cm³/mol. The van der Waals surface area contributed by atoms with Crippen LogP contribution in [-0.4, -0.2) is 35.3 Å². The summed E-state index contributed by atoms with van der Waals surface area (Å²) >= 11 is 0. The Labute approximate surface area is 120 Å². The molecule has 0 radical (unpaired) electrons. The third-order valence-corrected chi connectivity index (χ3v) is 3.37. The fourth-order valence-corrected chi connectivity index (χ4v) is 1.71. The minimum atomic E-state index is -4.65. The van der Waals surface area contributed by atoms with Gasteiger partial charge < -0.3 is 20.9 Å². The number of hydrogen-bond donors (Lipinski definition) is 3. The number of amidine groups is 1. The first-order valence-electron chi connectivity index (χ1n) is 6.08. The van der Waals surface area contributed by atoms with Crippen molar-refractivity contribution >= 4 is 11.5 Å². The molecule has 0 bridgehead atoms. The number of nitrogens with zero attached hydrogens (tertiary/aromatic N) is 2. The predicted octanol–water partition coefficient (Wildman–Crippen LogP) is 2.01. The summed E-state index contributed by atoms with van der Waals surface area (Å²) in [6, 6.07) is 3.46. The van der Waals surface area contributed by atoms with Crippen molar-refractivity contribution in [1.29, 1.82) is 0 Å². The van der Waals surface area contributed by atoms with Crippen molar-refractivity contribution in [2.75, 3.05) is 18.6 Å². The molecule has 5 nitrogen and oxygen atoms in total. The highest BCUT2D eigenvalue weighted by atomic mass is 19.4. The molecule has 0 aliphatic carbocycles. The van der Waals surface area contributed by atoms with Gasteiger partial charge in [0.1, 0.15) is 0 Å². The van der Waals surface area contributed by atoms with E-state index in [2.05, 4.69) is 5.16 Å². The van der Waals surface area contributed by atoms with Crippen molar-refractivity contribution < 1.29 is 23.5 Å². The summed E-state index contributed by atoms with van der Waals surface area (Å²) in [5.74, 6) is -0.613. The normalized spacial score (nSPS) is 13.4. The number of likely N-dealkylation sites (N-methyl/N-ethyl adjacent to an activating group) is 1. The molecule has 0 spiro atoms. The van der Waals surface area contributed by atoms with Gasteiger partial charge in [0.05, 0.1) is 17.7 Å². The first kappa shape index (κ1) is 17.1. The van der Waals surface area contributed by atoms with Gasteiger partial charge in [-0.2, -0.15) is 13.2 Å². The molecule has 0 unspecified atom stereocenters. The largest absolute Gasteiger partial charge is 0.417 e. The maximum Gasteiger partial charge on any atom is 0.417 e. The topological polar surface area (TPSA) is 82.1 Å². The summed E-state index contributed by atoms with van der Waals surface area (Å²) in [7, 11) is 1.58. The minimum absolute atomic E-state index is 0.229. The maximum absolute atomic E-state index is 13.1. The molecule has 8 heteroatoms. The number of alkyl halides is 3. The van der Waals surface area contributed by atoms with Gasteiger partial charge in [0.2, 0.25) is 0 Å². The Morgan fingerprint density at radius 3 is 2.33 bits per heavy atom. The zero-order valence-electron chi connectivity index (χ0n) is 11.9. The van der Waals surface area contributed by atoms with Gasteiger partial charge in [-0.05, 0) is 32.0 Å². The molecule has 1 aromatic rings. The van der Waals surface area contributed by atoms with E-state index in [1.807, 2.05) is 0 Å². The van der Waals surface area contributed by atoms with Crippen molar-refractivity contribution in [3.8, 4) is 0 Å². The number of nitrogens with two attached hydrogens (primary N) is 1. The maximum atomic E-state index is 13.1. The quantitative estimate of drug-likeness (QED) is 0.344. The van der Waals surface area contributed by atoms with E-state index >= 15 is 0 Å². The average molecular weight is 305 g/mol. The average Bonchev–Trinajstić information content (AvgIpc) is 2.44. The molecular formula is C13H18F3N3O2.